The molecule has 0 fully saturated rings. The second kappa shape index (κ2) is 4.73. The number of rotatable bonds is 1. The van der Waals surface area contributed by atoms with E-state index in [2.05, 4.69) is 0 Å². The van der Waals surface area contributed by atoms with E-state index < -0.39 is 40.4 Å². The van der Waals surface area contributed by atoms with Crippen LogP contribution in [0.1, 0.15) is 0 Å². The van der Waals surface area contributed by atoms with E-state index in [0.29, 0.717) is 10.4 Å². The van der Waals surface area contributed by atoms with Crippen molar-refractivity contribution in [1.82, 2.24) is 0 Å². The van der Waals surface area contributed by atoms with Crippen LogP contribution in [0, 0.1) is 29.1 Å². The van der Waals surface area contributed by atoms with Crippen LogP contribution in [0.4, 0.5) is 22.0 Å². The van der Waals surface area contributed by atoms with Gasteiger partial charge in [-0.05, 0) is 24.3 Å². The summed E-state index contributed by atoms with van der Waals surface area (Å²) in [6.07, 6.45) is 0. The first-order chi connectivity index (χ1) is 9.90. The minimum atomic E-state index is -2.21. The van der Waals surface area contributed by atoms with Crippen molar-refractivity contribution in [1.29, 1.82) is 0 Å². The van der Waals surface area contributed by atoms with Crippen molar-refractivity contribution < 1.29 is 26.4 Å². The second-order valence-corrected chi connectivity index (χ2v) is 4.67. The quantitative estimate of drug-likeness (QED) is 0.330. The fraction of sp³-hybridized carbons (Fsp3) is 0. The summed E-state index contributed by atoms with van der Waals surface area (Å²) in [6.45, 7) is 0. The van der Waals surface area contributed by atoms with E-state index >= 15 is 0 Å². The molecule has 21 heavy (non-hydrogen) atoms. The van der Waals surface area contributed by atoms with Gasteiger partial charge < -0.3 is 4.42 Å². The molecular formula is C14H4ClF5O. The molecule has 0 radical (unpaired) electrons. The first kappa shape index (κ1) is 13.9. The summed E-state index contributed by atoms with van der Waals surface area (Å²) in [6, 6.07) is 5.48. The maximum atomic E-state index is 13.7. The third kappa shape index (κ3) is 2.06. The number of benzene rings is 2. The minimum absolute atomic E-state index is 0.207. The van der Waals surface area contributed by atoms with E-state index in [1.165, 1.54) is 18.2 Å². The number of halogens is 6. The van der Waals surface area contributed by atoms with Gasteiger partial charge in [-0.1, -0.05) is 11.6 Å². The van der Waals surface area contributed by atoms with E-state index in [9.17, 15) is 22.0 Å². The zero-order valence-electron chi connectivity index (χ0n) is 9.99. The lowest BCUT2D eigenvalue weighted by Crippen LogP contribution is -2.03. The van der Waals surface area contributed by atoms with Gasteiger partial charge in [0, 0.05) is 10.4 Å². The van der Waals surface area contributed by atoms with Crippen molar-refractivity contribution in [2.45, 2.75) is 0 Å². The molecule has 0 unspecified atom stereocenters. The predicted octanol–water partition coefficient (Wildman–Crippen LogP) is 5.45. The number of hydrogen-bond acceptors (Lipinski definition) is 1. The van der Waals surface area contributed by atoms with E-state index in [1.54, 1.807) is 0 Å². The molecular weight excluding hydrogens is 315 g/mol. The summed E-state index contributed by atoms with van der Waals surface area (Å²) >= 11 is 5.75. The SMILES string of the molecule is Fc1c(F)c(F)c(-c2cc3cc(Cl)ccc3o2)c(F)c1F. The average Bonchev–Trinajstić information content (AvgIpc) is 2.85. The molecule has 1 nitrogen and oxygen atoms in total. The van der Waals surface area contributed by atoms with Crippen LogP contribution in [-0.2, 0) is 0 Å². The zero-order chi connectivity index (χ0) is 15.3. The summed E-state index contributed by atoms with van der Waals surface area (Å²) < 4.78 is 71.9. The Balaban J connectivity index is 2.32. The highest BCUT2D eigenvalue weighted by molar-refractivity contribution is 6.31. The Morgan fingerprint density at radius 3 is 1.95 bits per heavy atom. The van der Waals surface area contributed by atoms with E-state index in [0.717, 1.165) is 6.07 Å². The molecule has 2 aromatic carbocycles. The number of hydrogen-bond donors (Lipinski definition) is 0. The molecule has 0 aliphatic rings. The maximum absolute atomic E-state index is 13.7. The average molecular weight is 319 g/mol. The minimum Gasteiger partial charge on any atom is -0.456 e. The van der Waals surface area contributed by atoms with Crippen LogP contribution in [0.25, 0.3) is 22.3 Å². The van der Waals surface area contributed by atoms with Crippen LogP contribution < -0.4 is 0 Å². The van der Waals surface area contributed by atoms with E-state index in [-0.39, 0.29) is 5.58 Å². The van der Waals surface area contributed by atoms with Crippen LogP contribution in [0.15, 0.2) is 28.7 Å². The summed E-state index contributed by atoms with van der Waals surface area (Å²) in [5.41, 5.74) is -0.905. The fourth-order valence-corrected chi connectivity index (χ4v) is 2.14. The Morgan fingerprint density at radius 2 is 1.33 bits per heavy atom. The molecule has 0 aliphatic carbocycles. The highest BCUT2D eigenvalue weighted by Gasteiger charge is 2.28. The molecule has 0 bridgehead atoms. The second-order valence-electron chi connectivity index (χ2n) is 4.24. The van der Waals surface area contributed by atoms with E-state index in [1.807, 2.05) is 0 Å². The fourth-order valence-electron chi connectivity index (χ4n) is 1.96. The first-order valence-electron chi connectivity index (χ1n) is 5.61. The molecule has 0 atom stereocenters. The van der Waals surface area contributed by atoms with Crippen molar-refractivity contribution in [3.05, 3.63) is 58.4 Å². The van der Waals surface area contributed by atoms with Gasteiger partial charge in [0.05, 0.1) is 5.56 Å². The van der Waals surface area contributed by atoms with Gasteiger partial charge in [0.25, 0.3) is 0 Å². The Kier molecular flexibility index (Phi) is 3.13. The molecule has 108 valence electrons. The Bertz CT molecular complexity index is 842. The van der Waals surface area contributed by atoms with Crippen molar-refractivity contribution in [2.75, 3.05) is 0 Å². The standard InChI is InChI=1S/C14H4ClF5O/c15-6-1-2-7-5(3-6)4-8(21-7)9-10(16)12(18)14(20)13(19)11(9)17/h1-4H. The van der Waals surface area contributed by atoms with Gasteiger partial charge in [0.15, 0.2) is 23.3 Å². The van der Waals surface area contributed by atoms with Gasteiger partial charge >= 0.3 is 0 Å². The monoisotopic (exact) mass is 318 g/mol. The molecule has 0 saturated heterocycles. The largest absolute Gasteiger partial charge is 0.456 e. The molecule has 0 saturated carbocycles. The molecule has 7 heteroatoms. The topological polar surface area (TPSA) is 13.1 Å². The molecule has 0 N–H and O–H groups in total. The predicted molar refractivity (Wildman–Crippen MR) is 66.5 cm³/mol. The highest BCUT2D eigenvalue weighted by Crippen LogP contribution is 2.35. The summed E-state index contributed by atoms with van der Waals surface area (Å²) in [5, 5.41) is 0.716. The highest BCUT2D eigenvalue weighted by atomic mass is 35.5. The van der Waals surface area contributed by atoms with Crippen molar-refractivity contribution >= 4 is 22.6 Å². The molecule has 1 aromatic heterocycles. The number of furan rings is 1. The molecule has 0 amide bonds. The maximum Gasteiger partial charge on any atom is 0.200 e. The van der Waals surface area contributed by atoms with Crippen molar-refractivity contribution in [3.8, 4) is 11.3 Å². The lowest BCUT2D eigenvalue weighted by molar-refractivity contribution is 0.379. The zero-order valence-corrected chi connectivity index (χ0v) is 10.7. The lowest BCUT2D eigenvalue weighted by Gasteiger charge is -2.05. The third-order valence-corrected chi connectivity index (χ3v) is 3.17. The van der Waals surface area contributed by atoms with Crippen LogP contribution in [0.5, 0.6) is 0 Å². The van der Waals surface area contributed by atoms with Crippen LogP contribution in [-0.4, -0.2) is 0 Å². The summed E-state index contributed by atoms with van der Waals surface area (Å²) in [4.78, 5) is 0. The van der Waals surface area contributed by atoms with Gasteiger partial charge in [0.2, 0.25) is 5.82 Å². The Hall–Kier alpha value is -2.08. The van der Waals surface area contributed by atoms with Crippen molar-refractivity contribution in [3.63, 3.8) is 0 Å². The van der Waals surface area contributed by atoms with Gasteiger partial charge in [-0.3, -0.25) is 0 Å². The third-order valence-electron chi connectivity index (χ3n) is 2.93. The Morgan fingerprint density at radius 1 is 0.762 bits per heavy atom. The van der Waals surface area contributed by atoms with Gasteiger partial charge in [-0.15, -0.1) is 0 Å². The van der Waals surface area contributed by atoms with Crippen LogP contribution in [0.3, 0.4) is 0 Å². The smallest absolute Gasteiger partial charge is 0.200 e. The van der Waals surface area contributed by atoms with Gasteiger partial charge in [-0.2, -0.15) is 0 Å². The van der Waals surface area contributed by atoms with Crippen molar-refractivity contribution in [2.24, 2.45) is 0 Å². The summed E-state index contributed by atoms with van der Waals surface area (Å²) in [5.74, 6) is -10.6. The van der Waals surface area contributed by atoms with Gasteiger partial charge in [-0.25, -0.2) is 22.0 Å². The molecule has 0 spiro atoms. The summed E-state index contributed by atoms with van der Waals surface area (Å²) in [7, 11) is 0. The van der Waals surface area contributed by atoms with Crippen LogP contribution in [0.2, 0.25) is 5.02 Å². The normalized spacial score (nSPS) is 11.3. The first-order valence-corrected chi connectivity index (χ1v) is 5.99. The van der Waals surface area contributed by atoms with Crippen LogP contribution >= 0.6 is 11.6 Å². The Labute approximate surface area is 119 Å². The van der Waals surface area contributed by atoms with Gasteiger partial charge in [0.1, 0.15) is 11.3 Å². The molecule has 0 aliphatic heterocycles. The number of fused-ring (bicyclic) bond motifs is 1. The van der Waals surface area contributed by atoms with E-state index in [4.69, 9.17) is 16.0 Å². The molecule has 3 rings (SSSR count). The lowest BCUT2D eigenvalue weighted by atomic mass is 10.1. The molecule has 1 heterocycles. The molecule has 3 aromatic rings.